The van der Waals surface area contributed by atoms with Crippen molar-refractivity contribution in [1.29, 1.82) is 0 Å². The van der Waals surface area contributed by atoms with Crippen molar-refractivity contribution in [2.75, 3.05) is 70.5 Å². The lowest BCUT2D eigenvalue weighted by Crippen LogP contribution is -1.93. The van der Waals surface area contributed by atoms with Crippen LogP contribution in [0.4, 0.5) is 0 Å². The summed E-state index contributed by atoms with van der Waals surface area (Å²) in [4.78, 5) is 0. The molecule has 0 fully saturated rings. The summed E-state index contributed by atoms with van der Waals surface area (Å²) in [5.74, 6) is 1.12. The molecule has 0 amide bonds. The monoisotopic (exact) mass is 528 g/mol. The summed E-state index contributed by atoms with van der Waals surface area (Å²) in [6.07, 6.45) is 7.90. The number of halogens is 2. The molecule has 6 nitrogen and oxygen atoms in total. The Hall–Kier alpha value is 0.790. The van der Waals surface area contributed by atoms with E-state index in [-0.39, 0.29) is 0 Å². The Morgan fingerprint density at radius 3 is 1.27 bits per heavy atom. The second-order valence-corrected chi connectivity index (χ2v) is 13.1. The first-order chi connectivity index (χ1) is 14.1. The molecule has 182 valence electrons. The molecule has 0 spiro atoms. The SMILES string of the molecule is CCOP(C)(=O)C/C=C/CP(C)(=O)OCC.CCOP(C)OCC.ClC/C=C/CCl. The standard InChI is InChI=1S/C10H22O4P2.C5H13O2P.C4H6Cl2/c1-5-13-15(3,11)9-7-8-10-16(4,12)14-6-2;1-4-6-8(3)7-5-2;5-3-1-2-4-6/h7-8H,5-6,9-10H2,1-4H3;4-5H2,1-3H3;1-2H,3-4H2/b8-7+;;2-1+. The van der Waals surface area contributed by atoms with Gasteiger partial charge in [-0.3, -0.25) is 9.13 Å². The molecule has 0 rings (SSSR count). The van der Waals surface area contributed by atoms with Crippen molar-refractivity contribution in [3.63, 3.8) is 0 Å². The minimum Gasteiger partial charge on any atom is -0.335 e. The molecule has 0 aliphatic heterocycles. The van der Waals surface area contributed by atoms with Crippen LogP contribution in [0.15, 0.2) is 24.3 Å². The Morgan fingerprint density at radius 1 is 0.700 bits per heavy atom. The van der Waals surface area contributed by atoms with Crippen molar-refractivity contribution in [2.24, 2.45) is 0 Å². The van der Waals surface area contributed by atoms with Gasteiger partial charge in [0.25, 0.3) is 0 Å². The van der Waals surface area contributed by atoms with Crippen molar-refractivity contribution in [3.8, 4) is 0 Å². The molecule has 0 heterocycles. The summed E-state index contributed by atoms with van der Waals surface area (Å²) >= 11 is 10.5. The normalized spacial score (nSPS) is 15.3. The smallest absolute Gasteiger partial charge is 0.203 e. The van der Waals surface area contributed by atoms with Crippen LogP contribution in [-0.4, -0.2) is 70.5 Å². The van der Waals surface area contributed by atoms with Gasteiger partial charge in [-0.1, -0.05) is 24.3 Å². The fourth-order valence-corrected chi connectivity index (χ4v) is 5.13. The van der Waals surface area contributed by atoms with E-state index in [2.05, 4.69) is 0 Å². The number of alkyl halides is 2. The summed E-state index contributed by atoms with van der Waals surface area (Å²) in [5, 5.41) is 0. The maximum absolute atomic E-state index is 11.7. The van der Waals surface area contributed by atoms with Crippen LogP contribution in [0.1, 0.15) is 27.7 Å². The minimum atomic E-state index is -2.51. The molecule has 0 saturated carbocycles. The van der Waals surface area contributed by atoms with Gasteiger partial charge in [-0.2, -0.15) is 0 Å². The third-order valence-corrected chi connectivity index (χ3v) is 7.77. The summed E-state index contributed by atoms with van der Waals surface area (Å²) in [6.45, 7) is 15.1. The minimum absolute atomic E-state index is 0.382. The van der Waals surface area contributed by atoms with Crippen LogP contribution < -0.4 is 0 Å². The molecule has 0 aliphatic rings. The van der Waals surface area contributed by atoms with E-state index in [0.717, 1.165) is 13.2 Å². The predicted molar refractivity (Wildman–Crippen MR) is 136 cm³/mol. The maximum Gasteiger partial charge on any atom is 0.203 e. The quantitative estimate of drug-likeness (QED) is 0.132. The van der Waals surface area contributed by atoms with E-state index in [4.69, 9.17) is 41.3 Å². The Balaban J connectivity index is -0.000000431. The molecule has 0 aromatic heterocycles. The fourth-order valence-electron chi connectivity index (χ4n) is 1.71. The molecule has 0 aliphatic carbocycles. The van der Waals surface area contributed by atoms with E-state index >= 15 is 0 Å². The van der Waals surface area contributed by atoms with Crippen LogP contribution in [0.2, 0.25) is 0 Å². The second kappa shape index (κ2) is 24.4. The van der Waals surface area contributed by atoms with Crippen molar-refractivity contribution in [2.45, 2.75) is 27.7 Å². The lowest BCUT2D eigenvalue weighted by atomic mass is 10.6. The lowest BCUT2D eigenvalue weighted by Gasteiger charge is -2.11. The summed E-state index contributed by atoms with van der Waals surface area (Å²) in [7, 11) is -5.60. The molecule has 0 bridgehead atoms. The Kier molecular flexibility index (Phi) is 28.8. The molecular formula is C19H41Cl2O6P3. The van der Waals surface area contributed by atoms with E-state index in [0.29, 0.717) is 37.3 Å². The summed E-state index contributed by atoms with van der Waals surface area (Å²) in [5.41, 5.74) is 0. The molecule has 2 unspecified atom stereocenters. The van der Waals surface area contributed by atoms with Gasteiger partial charge in [0.05, 0.1) is 26.4 Å². The number of hydrogen-bond acceptors (Lipinski definition) is 6. The molecule has 11 heteroatoms. The van der Waals surface area contributed by atoms with E-state index < -0.39 is 23.1 Å². The third kappa shape index (κ3) is 31.0. The van der Waals surface area contributed by atoms with Crippen molar-refractivity contribution >= 4 is 46.3 Å². The molecule has 0 radical (unpaired) electrons. The highest BCUT2D eigenvalue weighted by Gasteiger charge is 2.14. The average molecular weight is 529 g/mol. The van der Waals surface area contributed by atoms with Crippen molar-refractivity contribution in [3.05, 3.63) is 24.3 Å². The van der Waals surface area contributed by atoms with Gasteiger partial charge in [0, 0.05) is 44.1 Å². The largest absolute Gasteiger partial charge is 0.335 e. The van der Waals surface area contributed by atoms with Crippen LogP contribution in [0.3, 0.4) is 0 Å². The topological polar surface area (TPSA) is 71.1 Å². The second-order valence-electron chi connectivity index (χ2n) is 5.76. The number of rotatable bonds is 14. The highest BCUT2D eigenvalue weighted by molar-refractivity contribution is 7.58. The van der Waals surface area contributed by atoms with Gasteiger partial charge in [0.1, 0.15) is 0 Å². The maximum atomic E-state index is 11.7. The highest BCUT2D eigenvalue weighted by Crippen LogP contribution is 2.44. The molecule has 0 aromatic carbocycles. The number of hydrogen-bond donors (Lipinski definition) is 0. The van der Waals surface area contributed by atoms with Crippen LogP contribution >= 0.6 is 46.3 Å². The van der Waals surface area contributed by atoms with Gasteiger partial charge in [-0.05, 0) is 27.7 Å². The molecule has 2 atom stereocenters. The fraction of sp³-hybridized carbons (Fsp3) is 0.789. The molecule has 0 aromatic rings. The lowest BCUT2D eigenvalue weighted by molar-refractivity contribution is 0.274. The van der Waals surface area contributed by atoms with Crippen molar-refractivity contribution < 1.29 is 27.2 Å². The first-order valence-electron chi connectivity index (χ1n) is 9.89. The van der Waals surface area contributed by atoms with E-state index in [1.54, 1.807) is 25.5 Å². The number of allylic oxidation sites excluding steroid dienone is 4. The van der Waals surface area contributed by atoms with Crippen LogP contribution in [0, 0.1) is 0 Å². The van der Waals surface area contributed by atoms with E-state index in [9.17, 15) is 9.13 Å². The van der Waals surface area contributed by atoms with Gasteiger partial charge in [-0.25, -0.2) is 0 Å². The Labute approximate surface area is 195 Å². The Morgan fingerprint density at radius 2 is 1.03 bits per heavy atom. The first-order valence-corrected chi connectivity index (χ1v) is 17.1. The zero-order chi connectivity index (χ0) is 23.9. The molecular weight excluding hydrogens is 488 g/mol. The van der Waals surface area contributed by atoms with Gasteiger partial charge in [0.15, 0.2) is 8.38 Å². The first kappa shape index (κ1) is 35.4. The summed E-state index contributed by atoms with van der Waals surface area (Å²) < 4.78 is 43.9. The van der Waals surface area contributed by atoms with E-state index in [1.807, 2.05) is 46.5 Å². The average Bonchev–Trinajstić information content (AvgIpc) is 2.65. The van der Waals surface area contributed by atoms with Crippen molar-refractivity contribution in [1.82, 2.24) is 0 Å². The Bertz CT molecular complexity index is 476. The molecule has 30 heavy (non-hydrogen) atoms. The van der Waals surface area contributed by atoms with Gasteiger partial charge in [-0.15, -0.1) is 23.2 Å². The van der Waals surface area contributed by atoms with Crippen LogP contribution in [0.25, 0.3) is 0 Å². The van der Waals surface area contributed by atoms with Gasteiger partial charge in [0.2, 0.25) is 14.7 Å². The van der Waals surface area contributed by atoms with E-state index in [1.165, 1.54) is 0 Å². The third-order valence-electron chi connectivity index (χ3n) is 2.81. The zero-order valence-electron chi connectivity index (χ0n) is 19.5. The van der Waals surface area contributed by atoms with Gasteiger partial charge < -0.3 is 18.1 Å². The molecule has 0 saturated heterocycles. The van der Waals surface area contributed by atoms with Crippen LogP contribution in [0.5, 0.6) is 0 Å². The zero-order valence-corrected chi connectivity index (χ0v) is 23.7. The highest BCUT2D eigenvalue weighted by atomic mass is 35.5. The predicted octanol–water partition coefficient (Wildman–Crippen LogP) is 7.45. The summed E-state index contributed by atoms with van der Waals surface area (Å²) in [6, 6.07) is 0. The van der Waals surface area contributed by atoms with Crippen LogP contribution in [-0.2, 0) is 27.2 Å². The van der Waals surface area contributed by atoms with Gasteiger partial charge >= 0.3 is 0 Å². The molecule has 0 N–H and O–H groups in total.